The number of carbonyl (C=O) groups excluding carboxylic acids is 4. The van der Waals surface area contributed by atoms with Crippen molar-refractivity contribution in [2.75, 3.05) is 13.1 Å². The Bertz CT molecular complexity index is 1520. The maximum absolute atomic E-state index is 13.1. The van der Waals surface area contributed by atoms with Crippen LogP contribution in [-0.2, 0) is 22.3 Å². The summed E-state index contributed by atoms with van der Waals surface area (Å²) in [6, 6.07) is 10.00. The lowest BCUT2D eigenvalue weighted by molar-refractivity contribution is -0.138. The number of hydrogen-bond acceptors (Lipinski definition) is 4. The molecule has 3 aliphatic rings. The van der Waals surface area contributed by atoms with Crippen LogP contribution in [0.3, 0.4) is 0 Å². The third-order valence-corrected chi connectivity index (χ3v) is 7.98. The van der Waals surface area contributed by atoms with Gasteiger partial charge in [0.1, 0.15) is 11.7 Å². The molecule has 2 fully saturated rings. The first-order chi connectivity index (χ1) is 18.6. The van der Waals surface area contributed by atoms with Gasteiger partial charge in [-0.3, -0.25) is 24.5 Å². The molecule has 0 aliphatic carbocycles. The predicted octanol–water partition coefficient (Wildman–Crippen LogP) is 3.97. The summed E-state index contributed by atoms with van der Waals surface area (Å²) in [5.41, 5.74) is 2.21. The predicted molar refractivity (Wildman–Crippen MR) is 134 cm³/mol. The van der Waals surface area contributed by atoms with Crippen LogP contribution in [0.2, 0.25) is 0 Å². The first-order valence-electron chi connectivity index (χ1n) is 12.9. The summed E-state index contributed by atoms with van der Waals surface area (Å²) in [6.45, 7) is 1.29. The molecule has 0 spiro atoms. The van der Waals surface area contributed by atoms with E-state index in [1.165, 1.54) is 11.0 Å². The molecular weight excluding hydrogens is 513 g/mol. The van der Waals surface area contributed by atoms with E-state index >= 15 is 0 Å². The zero-order valence-electron chi connectivity index (χ0n) is 20.8. The van der Waals surface area contributed by atoms with E-state index in [0.717, 1.165) is 23.3 Å². The molecule has 1 unspecified atom stereocenters. The van der Waals surface area contributed by atoms with E-state index in [9.17, 15) is 32.3 Å². The highest BCUT2D eigenvalue weighted by Gasteiger charge is 2.39. The number of alkyl halides is 3. The van der Waals surface area contributed by atoms with Crippen LogP contribution in [0.4, 0.5) is 13.2 Å². The van der Waals surface area contributed by atoms with Gasteiger partial charge in [-0.2, -0.15) is 13.2 Å². The summed E-state index contributed by atoms with van der Waals surface area (Å²) in [5, 5.41) is 2.85. The molecule has 0 saturated carbocycles. The lowest BCUT2D eigenvalue weighted by Crippen LogP contribution is -2.52. The summed E-state index contributed by atoms with van der Waals surface area (Å²) in [4.78, 5) is 55.9. The fourth-order valence-electron chi connectivity index (χ4n) is 5.85. The summed E-state index contributed by atoms with van der Waals surface area (Å²) in [5.74, 6) is -1.06. The summed E-state index contributed by atoms with van der Waals surface area (Å²) in [7, 11) is 0. The van der Waals surface area contributed by atoms with Gasteiger partial charge in [-0.1, -0.05) is 18.2 Å². The highest BCUT2D eigenvalue weighted by Crippen LogP contribution is 2.35. The van der Waals surface area contributed by atoms with E-state index in [1.54, 1.807) is 17.0 Å². The monoisotopic (exact) mass is 538 g/mol. The smallest absolute Gasteiger partial charge is 0.351 e. The van der Waals surface area contributed by atoms with Crippen LogP contribution in [0.15, 0.2) is 42.5 Å². The van der Waals surface area contributed by atoms with Crippen molar-refractivity contribution in [3.05, 3.63) is 70.4 Å². The molecule has 6 rings (SSSR count). The average molecular weight is 539 g/mol. The summed E-state index contributed by atoms with van der Waals surface area (Å²) >= 11 is 0. The van der Waals surface area contributed by atoms with Crippen molar-refractivity contribution in [1.29, 1.82) is 0 Å². The molecule has 202 valence electrons. The van der Waals surface area contributed by atoms with Crippen molar-refractivity contribution in [1.82, 2.24) is 20.1 Å². The van der Waals surface area contributed by atoms with Gasteiger partial charge in [0.25, 0.3) is 11.8 Å². The quantitative estimate of drug-likeness (QED) is 0.493. The highest BCUT2D eigenvalue weighted by atomic mass is 19.4. The van der Waals surface area contributed by atoms with E-state index < -0.39 is 23.7 Å². The first-order valence-corrected chi connectivity index (χ1v) is 12.9. The number of aromatic nitrogens is 1. The van der Waals surface area contributed by atoms with Gasteiger partial charge in [0.05, 0.1) is 5.56 Å². The molecule has 2 saturated heterocycles. The summed E-state index contributed by atoms with van der Waals surface area (Å²) in [6.07, 6.45) is -2.54. The molecule has 3 aromatic rings. The Morgan fingerprint density at radius 2 is 1.72 bits per heavy atom. The minimum Gasteiger partial charge on any atom is -0.351 e. The number of fused-ring (bicyclic) bond motifs is 2. The number of nitrogens with zero attached hydrogens (tertiary/aromatic N) is 2. The number of aromatic amines is 1. The van der Waals surface area contributed by atoms with Crippen LogP contribution in [-0.4, -0.2) is 57.5 Å². The SMILES string of the molecule is O=C1CCC(N2Cc3cc(C4CCN(C(=O)c5cc6ccc(C(F)(F)F)cc6[nH]5)CC4)ccc3C2=O)C(=O)N1. The van der Waals surface area contributed by atoms with E-state index in [2.05, 4.69) is 10.3 Å². The number of amides is 4. The van der Waals surface area contributed by atoms with E-state index in [-0.39, 0.29) is 41.3 Å². The van der Waals surface area contributed by atoms with Gasteiger partial charge in [0, 0.05) is 42.5 Å². The third kappa shape index (κ3) is 4.55. The largest absolute Gasteiger partial charge is 0.416 e. The number of benzene rings is 2. The normalized spacial score (nSPS) is 20.5. The van der Waals surface area contributed by atoms with Crippen LogP contribution < -0.4 is 5.32 Å². The van der Waals surface area contributed by atoms with Crippen molar-refractivity contribution in [2.45, 2.75) is 50.4 Å². The molecule has 0 radical (unpaired) electrons. The third-order valence-electron chi connectivity index (χ3n) is 7.98. The van der Waals surface area contributed by atoms with Crippen molar-refractivity contribution >= 4 is 34.5 Å². The van der Waals surface area contributed by atoms with Crippen LogP contribution >= 0.6 is 0 Å². The van der Waals surface area contributed by atoms with Gasteiger partial charge in [-0.05, 0) is 60.6 Å². The van der Waals surface area contributed by atoms with E-state index in [0.29, 0.717) is 49.8 Å². The highest BCUT2D eigenvalue weighted by molar-refractivity contribution is 6.05. The number of carbonyl (C=O) groups is 4. The second-order valence-electron chi connectivity index (χ2n) is 10.4. The number of imide groups is 1. The Balaban J connectivity index is 1.11. The Morgan fingerprint density at radius 3 is 2.44 bits per heavy atom. The molecule has 1 atom stereocenters. The van der Waals surface area contributed by atoms with Crippen LogP contribution in [0.1, 0.15) is 69.1 Å². The number of nitrogens with one attached hydrogen (secondary N) is 2. The van der Waals surface area contributed by atoms with Crippen molar-refractivity contribution < 1.29 is 32.3 Å². The molecule has 11 heteroatoms. The molecule has 4 heterocycles. The maximum atomic E-state index is 13.1. The standard InChI is InChI=1S/C28H25F3N4O4/c29-28(30,31)19-3-1-17-12-22(32-21(17)13-19)27(39)34-9-7-15(8-10-34)16-2-4-20-18(11-16)14-35(26(20)38)23-5-6-24(36)33-25(23)37/h1-4,11-13,15,23,32H,5-10,14H2,(H,33,36,37). The Labute approximate surface area is 221 Å². The topological polar surface area (TPSA) is 103 Å². The summed E-state index contributed by atoms with van der Waals surface area (Å²) < 4.78 is 39.1. The van der Waals surface area contributed by atoms with E-state index in [1.807, 2.05) is 12.1 Å². The molecule has 3 aliphatic heterocycles. The molecule has 2 N–H and O–H groups in total. The lowest BCUT2D eigenvalue weighted by atomic mass is 9.88. The zero-order valence-corrected chi connectivity index (χ0v) is 20.8. The van der Waals surface area contributed by atoms with Crippen molar-refractivity contribution in [3.63, 3.8) is 0 Å². The Morgan fingerprint density at radius 1 is 0.949 bits per heavy atom. The number of piperidine rings is 2. The number of rotatable bonds is 3. The van der Waals surface area contributed by atoms with Gasteiger partial charge in [-0.15, -0.1) is 0 Å². The number of H-pyrrole nitrogens is 1. The lowest BCUT2D eigenvalue weighted by Gasteiger charge is -2.32. The fraction of sp³-hybridized carbons (Fsp3) is 0.357. The first kappa shape index (κ1) is 25.1. The number of halogens is 3. The van der Waals surface area contributed by atoms with Gasteiger partial charge in [0.2, 0.25) is 11.8 Å². The molecular formula is C28H25F3N4O4. The van der Waals surface area contributed by atoms with Crippen molar-refractivity contribution in [2.24, 2.45) is 0 Å². The average Bonchev–Trinajstić information content (AvgIpc) is 3.48. The molecule has 2 aromatic carbocycles. The minimum absolute atomic E-state index is 0.177. The van der Waals surface area contributed by atoms with Crippen LogP contribution in [0, 0.1) is 0 Å². The molecule has 8 nitrogen and oxygen atoms in total. The van der Waals surface area contributed by atoms with Crippen LogP contribution in [0.5, 0.6) is 0 Å². The molecule has 1 aromatic heterocycles. The van der Waals surface area contributed by atoms with Gasteiger partial charge >= 0.3 is 6.18 Å². The Kier molecular flexibility index (Phi) is 5.96. The molecule has 0 bridgehead atoms. The van der Waals surface area contributed by atoms with Gasteiger partial charge in [0.15, 0.2) is 0 Å². The van der Waals surface area contributed by atoms with Gasteiger partial charge < -0.3 is 14.8 Å². The minimum atomic E-state index is -4.46. The molecule has 4 amide bonds. The zero-order chi connectivity index (χ0) is 27.5. The van der Waals surface area contributed by atoms with Gasteiger partial charge in [-0.25, -0.2) is 0 Å². The molecule has 39 heavy (non-hydrogen) atoms. The van der Waals surface area contributed by atoms with Crippen LogP contribution in [0.25, 0.3) is 10.9 Å². The number of hydrogen-bond donors (Lipinski definition) is 2. The maximum Gasteiger partial charge on any atom is 0.416 e. The second kappa shape index (κ2) is 9.25. The van der Waals surface area contributed by atoms with Crippen molar-refractivity contribution in [3.8, 4) is 0 Å². The number of likely N-dealkylation sites (tertiary alicyclic amines) is 1. The fourth-order valence-corrected chi connectivity index (χ4v) is 5.85. The Hall–Kier alpha value is -4.15. The second-order valence-corrected chi connectivity index (χ2v) is 10.4. The van der Waals surface area contributed by atoms with E-state index in [4.69, 9.17) is 0 Å².